The molecule has 1 aliphatic heterocycles. The smallest absolute Gasteiger partial charge is 0.215 e. The molecule has 3 aromatic rings. The second kappa shape index (κ2) is 8.75. The van der Waals surface area contributed by atoms with Gasteiger partial charge in [0.05, 0.1) is 5.75 Å². The van der Waals surface area contributed by atoms with Gasteiger partial charge in [0.1, 0.15) is 5.82 Å². The van der Waals surface area contributed by atoms with Crippen molar-refractivity contribution < 1.29 is 12.8 Å². The number of fused-ring (bicyclic) bond motifs is 1. The normalized spacial score (nSPS) is 15.8. The van der Waals surface area contributed by atoms with E-state index >= 15 is 0 Å². The number of hydrogen-bond acceptors (Lipinski definition) is 4. The van der Waals surface area contributed by atoms with Crippen molar-refractivity contribution in [3.05, 3.63) is 93.4 Å². The molecule has 0 saturated heterocycles. The zero-order valence-electron chi connectivity index (χ0n) is 15.9. The van der Waals surface area contributed by atoms with Crippen LogP contribution < -0.4 is 4.72 Å². The van der Waals surface area contributed by atoms with Gasteiger partial charge >= 0.3 is 0 Å². The van der Waals surface area contributed by atoms with Crippen molar-refractivity contribution in [3.8, 4) is 0 Å². The van der Waals surface area contributed by atoms with Crippen molar-refractivity contribution in [3.63, 3.8) is 0 Å². The first-order chi connectivity index (χ1) is 14.0. The maximum Gasteiger partial charge on any atom is 0.215 e. The van der Waals surface area contributed by atoms with Crippen LogP contribution in [-0.2, 0) is 28.7 Å². The lowest BCUT2D eigenvalue weighted by Gasteiger charge is -2.35. The Labute approximate surface area is 175 Å². The molecule has 0 fully saturated rings. The SMILES string of the molecule is O=S(=O)(Cc1ccc(F)cc1)NC[C@@H](c1ccsc1)N1CCc2ccccc2C1. The van der Waals surface area contributed by atoms with E-state index in [1.165, 1.54) is 35.4 Å². The van der Waals surface area contributed by atoms with Gasteiger partial charge in [-0.2, -0.15) is 11.3 Å². The highest BCUT2D eigenvalue weighted by Gasteiger charge is 2.26. The first-order valence-electron chi connectivity index (χ1n) is 9.55. The number of sulfonamides is 1. The Bertz CT molecular complexity index is 1050. The van der Waals surface area contributed by atoms with Crippen LogP contribution in [0.25, 0.3) is 0 Å². The van der Waals surface area contributed by atoms with E-state index in [1.54, 1.807) is 11.3 Å². The third kappa shape index (κ3) is 5.11. The molecule has 0 spiro atoms. The average Bonchev–Trinajstić information content (AvgIpc) is 3.24. The molecular formula is C22H23FN2O2S2. The van der Waals surface area contributed by atoms with Crippen LogP contribution in [0.15, 0.2) is 65.4 Å². The van der Waals surface area contributed by atoms with Crippen molar-refractivity contribution >= 4 is 21.4 Å². The average molecular weight is 431 g/mol. The van der Waals surface area contributed by atoms with Crippen molar-refractivity contribution in [1.82, 2.24) is 9.62 Å². The second-order valence-corrected chi connectivity index (χ2v) is 9.88. The highest BCUT2D eigenvalue weighted by atomic mass is 32.2. The third-order valence-electron chi connectivity index (χ3n) is 5.30. The maximum absolute atomic E-state index is 13.1. The minimum Gasteiger partial charge on any atom is -0.290 e. The topological polar surface area (TPSA) is 49.4 Å². The van der Waals surface area contributed by atoms with Gasteiger partial charge in [-0.25, -0.2) is 17.5 Å². The highest BCUT2D eigenvalue weighted by molar-refractivity contribution is 7.88. The Kier molecular flexibility index (Phi) is 6.10. The lowest BCUT2D eigenvalue weighted by Crippen LogP contribution is -2.40. The summed E-state index contributed by atoms with van der Waals surface area (Å²) in [6.45, 7) is 2.00. The fourth-order valence-corrected chi connectivity index (χ4v) is 5.62. The van der Waals surface area contributed by atoms with Crippen molar-refractivity contribution in [2.45, 2.75) is 24.8 Å². The van der Waals surface area contributed by atoms with Crippen molar-refractivity contribution in [2.75, 3.05) is 13.1 Å². The summed E-state index contributed by atoms with van der Waals surface area (Å²) in [5.41, 5.74) is 4.36. The quantitative estimate of drug-likeness (QED) is 0.614. The Morgan fingerprint density at radius 2 is 1.83 bits per heavy atom. The van der Waals surface area contributed by atoms with Crippen LogP contribution in [0.5, 0.6) is 0 Å². The summed E-state index contributed by atoms with van der Waals surface area (Å²) < 4.78 is 41.1. The molecule has 0 bridgehead atoms. The summed E-state index contributed by atoms with van der Waals surface area (Å²) in [6, 6.07) is 16.0. The molecule has 0 unspecified atom stereocenters. The Morgan fingerprint density at radius 3 is 2.55 bits per heavy atom. The highest BCUT2D eigenvalue weighted by Crippen LogP contribution is 2.29. The molecule has 2 aromatic carbocycles. The lowest BCUT2D eigenvalue weighted by atomic mass is 9.97. The standard InChI is InChI=1S/C22H23FN2O2S2/c23-21-7-5-17(6-8-21)16-29(26,27)24-13-22(20-10-12-28-15-20)25-11-9-18-3-1-2-4-19(18)14-25/h1-8,10,12,15,22,24H,9,11,13-14,16H2/t22-/m0/s1. The van der Waals surface area contributed by atoms with E-state index in [-0.39, 0.29) is 17.6 Å². The molecule has 1 aliphatic rings. The molecule has 1 atom stereocenters. The van der Waals surface area contributed by atoms with Gasteiger partial charge in [0, 0.05) is 25.7 Å². The summed E-state index contributed by atoms with van der Waals surface area (Å²) in [5, 5.41) is 4.10. The minimum atomic E-state index is -3.53. The number of thiophene rings is 1. The maximum atomic E-state index is 13.1. The minimum absolute atomic E-state index is 0.0300. The number of rotatable bonds is 7. The molecule has 152 valence electrons. The molecule has 0 aliphatic carbocycles. The van der Waals surface area contributed by atoms with E-state index in [9.17, 15) is 12.8 Å². The summed E-state index contributed by atoms with van der Waals surface area (Å²) in [6.07, 6.45) is 0.957. The predicted molar refractivity (Wildman–Crippen MR) is 115 cm³/mol. The van der Waals surface area contributed by atoms with E-state index in [0.29, 0.717) is 12.1 Å². The fraction of sp³-hybridized carbons (Fsp3) is 0.273. The number of nitrogens with one attached hydrogen (secondary N) is 1. The molecule has 0 radical (unpaired) electrons. The molecule has 1 N–H and O–H groups in total. The third-order valence-corrected chi connectivity index (χ3v) is 7.32. The van der Waals surface area contributed by atoms with Crippen LogP contribution in [-0.4, -0.2) is 26.4 Å². The van der Waals surface area contributed by atoms with Crippen LogP contribution in [0.2, 0.25) is 0 Å². The molecule has 4 nitrogen and oxygen atoms in total. The lowest BCUT2D eigenvalue weighted by molar-refractivity contribution is 0.180. The van der Waals surface area contributed by atoms with Crippen LogP contribution in [0.1, 0.15) is 28.3 Å². The molecule has 2 heterocycles. The van der Waals surface area contributed by atoms with Gasteiger partial charge in [0.2, 0.25) is 10.0 Å². The molecule has 0 saturated carbocycles. The van der Waals surface area contributed by atoms with Crippen LogP contribution in [0.3, 0.4) is 0 Å². The summed E-state index contributed by atoms with van der Waals surface area (Å²) >= 11 is 1.62. The van der Waals surface area contributed by atoms with E-state index in [4.69, 9.17) is 0 Å². The Hall–Kier alpha value is -2.06. The number of benzene rings is 2. The molecule has 29 heavy (non-hydrogen) atoms. The number of halogens is 1. The fourth-order valence-electron chi connectivity index (χ4n) is 3.76. The largest absolute Gasteiger partial charge is 0.290 e. The Balaban J connectivity index is 1.48. The van der Waals surface area contributed by atoms with Crippen LogP contribution >= 0.6 is 11.3 Å². The van der Waals surface area contributed by atoms with Crippen molar-refractivity contribution in [1.29, 1.82) is 0 Å². The molecular weight excluding hydrogens is 407 g/mol. The van der Waals surface area contributed by atoms with Gasteiger partial charge in [0.15, 0.2) is 0 Å². The zero-order chi connectivity index (χ0) is 20.3. The van der Waals surface area contributed by atoms with E-state index in [0.717, 1.165) is 25.1 Å². The number of hydrogen-bond donors (Lipinski definition) is 1. The van der Waals surface area contributed by atoms with Gasteiger partial charge in [-0.05, 0) is 57.6 Å². The van der Waals surface area contributed by atoms with E-state index in [1.807, 2.05) is 11.4 Å². The zero-order valence-corrected chi connectivity index (χ0v) is 17.6. The van der Waals surface area contributed by atoms with Crippen LogP contribution in [0.4, 0.5) is 4.39 Å². The van der Waals surface area contributed by atoms with Gasteiger partial charge < -0.3 is 0 Å². The van der Waals surface area contributed by atoms with E-state index in [2.05, 4.69) is 39.3 Å². The molecule has 7 heteroatoms. The second-order valence-electron chi connectivity index (χ2n) is 7.30. The van der Waals surface area contributed by atoms with Crippen LogP contribution in [0, 0.1) is 5.82 Å². The molecule has 0 amide bonds. The van der Waals surface area contributed by atoms with Gasteiger partial charge in [-0.15, -0.1) is 0 Å². The van der Waals surface area contributed by atoms with Crippen molar-refractivity contribution in [2.24, 2.45) is 0 Å². The molecule has 4 rings (SSSR count). The predicted octanol–water partition coefficient (Wildman–Crippen LogP) is 4.11. The summed E-state index contributed by atoms with van der Waals surface area (Å²) in [4.78, 5) is 2.34. The Morgan fingerprint density at radius 1 is 1.07 bits per heavy atom. The summed E-state index contributed by atoms with van der Waals surface area (Å²) in [7, 11) is -3.53. The monoisotopic (exact) mass is 430 g/mol. The van der Waals surface area contributed by atoms with Gasteiger partial charge in [-0.1, -0.05) is 36.4 Å². The van der Waals surface area contributed by atoms with Gasteiger partial charge in [0.25, 0.3) is 0 Å². The summed E-state index contributed by atoms with van der Waals surface area (Å²) in [5.74, 6) is -0.533. The first-order valence-corrected chi connectivity index (χ1v) is 12.1. The number of nitrogens with zero attached hydrogens (tertiary/aromatic N) is 1. The van der Waals surface area contributed by atoms with E-state index < -0.39 is 10.0 Å². The molecule has 1 aromatic heterocycles. The first kappa shape index (κ1) is 20.2. The van der Waals surface area contributed by atoms with Gasteiger partial charge in [-0.3, -0.25) is 4.90 Å².